The molecular formula is C17H13F2NO3S. The van der Waals surface area contributed by atoms with Crippen LogP contribution in [0.5, 0.6) is 0 Å². The van der Waals surface area contributed by atoms with Crippen LogP contribution in [0.1, 0.15) is 6.92 Å². The summed E-state index contributed by atoms with van der Waals surface area (Å²) in [5, 5.41) is -0.0139. The summed E-state index contributed by atoms with van der Waals surface area (Å²) in [6, 6.07) is 7.86. The van der Waals surface area contributed by atoms with Gasteiger partial charge in [-0.2, -0.15) is 0 Å². The molecule has 0 N–H and O–H groups in total. The van der Waals surface area contributed by atoms with Crippen LogP contribution in [0.4, 0.5) is 8.78 Å². The number of fused-ring (bicyclic) bond motifs is 1. The smallest absolute Gasteiger partial charge is 0.211 e. The summed E-state index contributed by atoms with van der Waals surface area (Å²) >= 11 is 0. The van der Waals surface area contributed by atoms with Gasteiger partial charge < -0.3 is 4.57 Å². The molecule has 0 radical (unpaired) electrons. The third-order valence-electron chi connectivity index (χ3n) is 3.76. The van der Waals surface area contributed by atoms with Gasteiger partial charge in [-0.05, 0) is 49.4 Å². The molecule has 0 aliphatic rings. The van der Waals surface area contributed by atoms with E-state index in [9.17, 15) is 22.0 Å². The van der Waals surface area contributed by atoms with Gasteiger partial charge in [0.2, 0.25) is 15.3 Å². The van der Waals surface area contributed by atoms with Crippen molar-refractivity contribution in [2.75, 3.05) is 0 Å². The quantitative estimate of drug-likeness (QED) is 0.683. The number of sulfone groups is 1. The van der Waals surface area contributed by atoms with Gasteiger partial charge in [-0.15, -0.1) is 0 Å². The van der Waals surface area contributed by atoms with Crippen LogP contribution in [0.15, 0.2) is 63.2 Å². The Morgan fingerprint density at radius 1 is 1.00 bits per heavy atom. The van der Waals surface area contributed by atoms with Crippen molar-refractivity contribution in [2.45, 2.75) is 23.3 Å². The van der Waals surface area contributed by atoms with Gasteiger partial charge in [0, 0.05) is 18.1 Å². The van der Waals surface area contributed by atoms with E-state index < -0.39 is 31.8 Å². The molecule has 124 valence electrons. The largest absolute Gasteiger partial charge is 0.346 e. The molecule has 0 unspecified atom stereocenters. The van der Waals surface area contributed by atoms with Crippen molar-refractivity contribution in [3.8, 4) is 0 Å². The van der Waals surface area contributed by atoms with Gasteiger partial charge in [0.25, 0.3) is 0 Å². The Morgan fingerprint density at radius 3 is 2.25 bits per heavy atom. The van der Waals surface area contributed by atoms with Crippen molar-refractivity contribution >= 4 is 20.7 Å². The first-order chi connectivity index (χ1) is 11.3. The van der Waals surface area contributed by atoms with Crippen LogP contribution >= 0.6 is 0 Å². The first kappa shape index (κ1) is 16.3. The van der Waals surface area contributed by atoms with E-state index in [1.54, 1.807) is 11.5 Å². The molecule has 0 bridgehead atoms. The van der Waals surface area contributed by atoms with Gasteiger partial charge in [-0.1, -0.05) is 0 Å². The predicted octanol–water partition coefficient (Wildman–Crippen LogP) is 3.13. The number of hydrogen-bond acceptors (Lipinski definition) is 3. The Hall–Kier alpha value is -2.54. The molecule has 7 heteroatoms. The highest BCUT2D eigenvalue weighted by molar-refractivity contribution is 7.91. The molecule has 0 atom stereocenters. The van der Waals surface area contributed by atoms with Gasteiger partial charge in [0.1, 0.15) is 16.5 Å². The van der Waals surface area contributed by atoms with Crippen molar-refractivity contribution in [1.29, 1.82) is 0 Å². The molecule has 0 spiro atoms. The Morgan fingerprint density at radius 2 is 1.62 bits per heavy atom. The summed E-state index contributed by atoms with van der Waals surface area (Å²) < 4.78 is 53.6. The second kappa shape index (κ2) is 5.83. The molecule has 0 amide bonds. The number of hydrogen-bond donors (Lipinski definition) is 0. The van der Waals surface area contributed by atoms with Crippen LogP contribution in [0.2, 0.25) is 0 Å². The number of nitrogens with zero attached hydrogens (tertiary/aromatic N) is 1. The second-order valence-electron chi connectivity index (χ2n) is 5.23. The van der Waals surface area contributed by atoms with E-state index in [0.717, 1.165) is 30.3 Å². The summed E-state index contributed by atoms with van der Waals surface area (Å²) in [5.74, 6) is -1.21. The Labute approximate surface area is 136 Å². The summed E-state index contributed by atoms with van der Waals surface area (Å²) in [7, 11) is -4.15. The fourth-order valence-corrected chi connectivity index (χ4v) is 3.91. The van der Waals surface area contributed by atoms with E-state index in [4.69, 9.17) is 0 Å². The normalized spacial score (nSPS) is 11.8. The van der Waals surface area contributed by atoms with E-state index in [1.807, 2.05) is 0 Å². The molecule has 1 heterocycles. The number of aromatic nitrogens is 1. The van der Waals surface area contributed by atoms with E-state index >= 15 is 0 Å². The third kappa shape index (κ3) is 2.60. The van der Waals surface area contributed by atoms with Crippen molar-refractivity contribution < 1.29 is 17.2 Å². The summed E-state index contributed by atoms with van der Waals surface area (Å²) in [6.45, 7) is 2.18. The van der Waals surface area contributed by atoms with E-state index in [1.165, 1.54) is 18.3 Å². The fraction of sp³-hybridized carbons (Fsp3) is 0.118. The monoisotopic (exact) mass is 349 g/mol. The minimum Gasteiger partial charge on any atom is -0.346 e. The van der Waals surface area contributed by atoms with Crippen LogP contribution in [0.3, 0.4) is 0 Å². The van der Waals surface area contributed by atoms with Crippen molar-refractivity contribution in [3.63, 3.8) is 0 Å². The Kier molecular flexibility index (Phi) is 3.96. The molecule has 24 heavy (non-hydrogen) atoms. The highest BCUT2D eigenvalue weighted by Gasteiger charge is 2.23. The Balaban J connectivity index is 2.35. The maximum Gasteiger partial charge on any atom is 0.211 e. The maximum absolute atomic E-state index is 13.5. The first-order valence-corrected chi connectivity index (χ1v) is 8.66. The highest BCUT2D eigenvalue weighted by Crippen LogP contribution is 2.22. The summed E-state index contributed by atoms with van der Waals surface area (Å²) in [6.07, 6.45) is 1.24. The van der Waals surface area contributed by atoms with Gasteiger partial charge >= 0.3 is 0 Å². The SMILES string of the molecule is CCn1cc(S(=O)(=O)c2ccc(F)cc2)c(=O)c2cc(F)ccc21. The van der Waals surface area contributed by atoms with Gasteiger partial charge in [-0.3, -0.25) is 4.79 Å². The lowest BCUT2D eigenvalue weighted by molar-refractivity contribution is 0.592. The average molecular weight is 349 g/mol. The molecule has 4 nitrogen and oxygen atoms in total. The lowest BCUT2D eigenvalue weighted by Gasteiger charge is -2.12. The highest BCUT2D eigenvalue weighted by atomic mass is 32.2. The molecule has 2 aromatic carbocycles. The molecule has 0 aliphatic carbocycles. The van der Waals surface area contributed by atoms with Crippen molar-refractivity contribution in [3.05, 3.63) is 70.5 Å². The first-order valence-electron chi connectivity index (χ1n) is 7.18. The zero-order chi connectivity index (χ0) is 17.5. The van der Waals surface area contributed by atoms with Crippen LogP contribution in [0.25, 0.3) is 10.9 Å². The average Bonchev–Trinajstić information content (AvgIpc) is 2.56. The molecule has 1 aromatic heterocycles. The molecule has 0 aliphatic heterocycles. The molecule has 0 fully saturated rings. The number of aryl methyl sites for hydroxylation is 1. The van der Waals surface area contributed by atoms with E-state index in [2.05, 4.69) is 0 Å². The predicted molar refractivity (Wildman–Crippen MR) is 85.7 cm³/mol. The molecule has 3 aromatic rings. The topological polar surface area (TPSA) is 56.1 Å². The molecule has 0 saturated heterocycles. The zero-order valence-electron chi connectivity index (χ0n) is 12.7. The molecular weight excluding hydrogens is 336 g/mol. The second-order valence-corrected chi connectivity index (χ2v) is 7.15. The van der Waals surface area contributed by atoms with Crippen LogP contribution in [-0.2, 0) is 16.4 Å². The Bertz CT molecular complexity index is 1090. The maximum atomic E-state index is 13.5. The number of benzene rings is 2. The standard InChI is InChI=1S/C17H13F2NO3S/c1-2-20-10-16(17(21)14-9-12(19)5-8-15(14)20)24(22,23)13-6-3-11(18)4-7-13/h3-10H,2H2,1H3. The van der Waals surface area contributed by atoms with Gasteiger partial charge in [0.15, 0.2) is 0 Å². The zero-order valence-corrected chi connectivity index (χ0v) is 13.5. The third-order valence-corrected chi connectivity index (χ3v) is 5.53. The summed E-state index contributed by atoms with van der Waals surface area (Å²) in [4.78, 5) is 11.9. The van der Waals surface area contributed by atoms with E-state index in [-0.39, 0.29) is 10.3 Å². The summed E-state index contributed by atoms with van der Waals surface area (Å²) in [5.41, 5.74) is -0.333. The number of rotatable bonds is 3. The van der Waals surface area contributed by atoms with Crippen molar-refractivity contribution in [2.24, 2.45) is 0 Å². The number of halogens is 2. The van der Waals surface area contributed by atoms with Gasteiger partial charge in [-0.25, -0.2) is 17.2 Å². The lowest BCUT2D eigenvalue weighted by Crippen LogP contribution is -2.19. The minimum atomic E-state index is -4.15. The minimum absolute atomic E-state index is 0.0139. The lowest BCUT2D eigenvalue weighted by atomic mass is 10.2. The van der Waals surface area contributed by atoms with Crippen LogP contribution < -0.4 is 5.43 Å². The molecule has 3 rings (SSSR count). The van der Waals surface area contributed by atoms with Crippen LogP contribution in [0, 0.1) is 11.6 Å². The van der Waals surface area contributed by atoms with Crippen LogP contribution in [-0.4, -0.2) is 13.0 Å². The number of pyridine rings is 1. The van der Waals surface area contributed by atoms with Gasteiger partial charge in [0.05, 0.1) is 10.4 Å². The molecule has 0 saturated carbocycles. The van der Waals surface area contributed by atoms with Crippen molar-refractivity contribution in [1.82, 2.24) is 4.57 Å². The fourth-order valence-electron chi connectivity index (χ4n) is 2.54. The van der Waals surface area contributed by atoms with E-state index in [0.29, 0.717) is 12.1 Å².